The van der Waals surface area contributed by atoms with Crippen LogP contribution in [0.5, 0.6) is 11.5 Å². The Hall–Kier alpha value is -4.47. The van der Waals surface area contributed by atoms with E-state index in [1.165, 1.54) is 16.8 Å². The first-order chi connectivity index (χ1) is 22.1. The minimum Gasteiger partial charge on any atom is -0.509 e. The number of benzene rings is 4. The Morgan fingerprint density at radius 1 is 0.761 bits per heavy atom. The van der Waals surface area contributed by atoms with Crippen LogP contribution >= 0.6 is 0 Å². The van der Waals surface area contributed by atoms with Crippen LogP contribution in [0.1, 0.15) is 50.1 Å². The molecule has 0 aliphatic rings. The third kappa shape index (κ3) is 6.04. The van der Waals surface area contributed by atoms with Crippen LogP contribution in [0.4, 0.5) is 0 Å². The first-order valence-corrected chi connectivity index (χ1v) is 15.9. The SMILES string of the molecule is CCCCc1c(-c2ccccc2)c(CCC)nn1-c1[c-]c(Oc2[c-]c3c(cc2)c2ccccc2n3-c2cc(C)ccn2)ccc1.[Pt+2]. The van der Waals surface area contributed by atoms with Crippen molar-refractivity contribution in [3.05, 3.63) is 132 Å². The minimum atomic E-state index is 0. The first kappa shape index (κ1) is 31.5. The molecule has 6 heteroatoms. The average molecular weight is 784 g/mol. The largest absolute Gasteiger partial charge is 2.00 e. The number of hydrogen-bond acceptors (Lipinski definition) is 3. The van der Waals surface area contributed by atoms with Crippen LogP contribution in [0.3, 0.4) is 0 Å². The average Bonchev–Trinajstić information content (AvgIpc) is 3.59. The van der Waals surface area contributed by atoms with E-state index in [2.05, 4.69) is 115 Å². The zero-order valence-corrected chi connectivity index (χ0v) is 28.6. The Morgan fingerprint density at radius 2 is 1.57 bits per heavy atom. The van der Waals surface area contributed by atoms with Crippen LogP contribution in [-0.2, 0) is 33.9 Å². The Labute approximate surface area is 285 Å². The fourth-order valence-electron chi connectivity index (χ4n) is 6.18. The van der Waals surface area contributed by atoms with Gasteiger partial charge in [0.2, 0.25) is 0 Å². The van der Waals surface area contributed by atoms with E-state index in [1.807, 2.05) is 30.5 Å². The van der Waals surface area contributed by atoms with Gasteiger partial charge in [-0.05, 0) is 66.6 Å². The maximum atomic E-state index is 6.46. The van der Waals surface area contributed by atoms with Crippen molar-refractivity contribution in [3.63, 3.8) is 0 Å². The van der Waals surface area contributed by atoms with Crippen molar-refractivity contribution in [2.45, 2.75) is 52.9 Å². The summed E-state index contributed by atoms with van der Waals surface area (Å²) in [6, 6.07) is 40.4. The smallest absolute Gasteiger partial charge is 0.509 e. The van der Waals surface area contributed by atoms with Gasteiger partial charge in [0.25, 0.3) is 0 Å². The van der Waals surface area contributed by atoms with E-state index in [4.69, 9.17) is 14.8 Å². The molecule has 4 aromatic carbocycles. The third-order valence-corrected chi connectivity index (χ3v) is 8.26. The number of para-hydroxylation sites is 1. The number of pyridine rings is 1. The fraction of sp³-hybridized carbons (Fsp3) is 0.200. The number of hydrogen-bond donors (Lipinski definition) is 0. The van der Waals surface area contributed by atoms with Crippen LogP contribution in [0.15, 0.2) is 103 Å². The van der Waals surface area contributed by atoms with Crippen LogP contribution in [0.2, 0.25) is 0 Å². The summed E-state index contributed by atoms with van der Waals surface area (Å²) in [5.41, 5.74) is 8.86. The van der Waals surface area contributed by atoms with Crippen molar-refractivity contribution in [1.29, 1.82) is 0 Å². The monoisotopic (exact) mass is 783 g/mol. The number of nitrogens with zero attached hydrogens (tertiary/aromatic N) is 4. The van der Waals surface area contributed by atoms with Gasteiger partial charge in [-0.25, -0.2) is 4.98 Å². The molecule has 0 bridgehead atoms. The van der Waals surface area contributed by atoms with Crippen molar-refractivity contribution in [1.82, 2.24) is 19.3 Å². The number of aryl methyl sites for hydroxylation is 2. The van der Waals surface area contributed by atoms with Gasteiger partial charge >= 0.3 is 21.1 Å². The molecule has 7 aromatic rings. The molecule has 0 aliphatic carbocycles. The van der Waals surface area contributed by atoms with E-state index in [1.54, 1.807) is 0 Å². The summed E-state index contributed by atoms with van der Waals surface area (Å²) in [4.78, 5) is 4.70. The summed E-state index contributed by atoms with van der Waals surface area (Å²) < 4.78 is 10.7. The summed E-state index contributed by atoms with van der Waals surface area (Å²) in [6.07, 6.45) is 6.95. The summed E-state index contributed by atoms with van der Waals surface area (Å²) in [7, 11) is 0. The first-order valence-electron chi connectivity index (χ1n) is 15.9. The van der Waals surface area contributed by atoms with E-state index in [9.17, 15) is 0 Å². The predicted molar refractivity (Wildman–Crippen MR) is 183 cm³/mol. The zero-order chi connectivity index (χ0) is 30.8. The van der Waals surface area contributed by atoms with Crippen LogP contribution in [-0.4, -0.2) is 19.3 Å². The predicted octanol–water partition coefficient (Wildman–Crippen LogP) is 10.0. The molecule has 0 amide bonds. The Bertz CT molecular complexity index is 2110. The maximum absolute atomic E-state index is 6.46. The molecule has 0 saturated carbocycles. The molecule has 5 nitrogen and oxygen atoms in total. The number of rotatable bonds is 10. The standard InChI is InChI=1S/C40H36N4O.Pt/c1-4-6-19-37-40(29-14-8-7-9-15-29)35(13-5-2)42-44(37)30-16-12-17-31(26-30)45-32-21-22-34-33-18-10-11-20-36(33)43(38(34)27-32)39-25-28(3)23-24-41-39;/h7-12,14-18,20-25H,4-6,13,19H2,1-3H3;/q-2;+2. The van der Waals surface area contributed by atoms with E-state index in [-0.39, 0.29) is 21.1 Å². The summed E-state index contributed by atoms with van der Waals surface area (Å²) >= 11 is 0. The van der Waals surface area contributed by atoms with Crippen LogP contribution < -0.4 is 4.74 Å². The number of unbranched alkanes of at least 4 members (excludes halogenated alkanes) is 1. The second kappa shape index (κ2) is 13.9. The number of aromatic nitrogens is 4. The Morgan fingerprint density at radius 3 is 2.37 bits per heavy atom. The van der Waals surface area contributed by atoms with Gasteiger partial charge in [-0.15, -0.1) is 35.7 Å². The normalized spacial score (nSPS) is 11.2. The van der Waals surface area contributed by atoms with E-state index in [0.717, 1.165) is 76.7 Å². The van der Waals surface area contributed by atoms with Crippen molar-refractivity contribution < 1.29 is 25.8 Å². The molecule has 0 unspecified atom stereocenters. The summed E-state index contributed by atoms with van der Waals surface area (Å²) in [5.74, 6) is 2.10. The third-order valence-electron chi connectivity index (χ3n) is 8.26. The van der Waals surface area contributed by atoms with Gasteiger partial charge in [-0.3, -0.25) is 4.68 Å². The van der Waals surface area contributed by atoms with Gasteiger partial charge in [0, 0.05) is 34.5 Å². The molecule has 0 radical (unpaired) electrons. The van der Waals surface area contributed by atoms with Crippen molar-refractivity contribution in [2.75, 3.05) is 0 Å². The molecule has 0 saturated heterocycles. The van der Waals surface area contributed by atoms with E-state index >= 15 is 0 Å². The Kier molecular flexibility index (Phi) is 9.51. The fourth-order valence-corrected chi connectivity index (χ4v) is 6.18. The van der Waals surface area contributed by atoms with Crippen molar-refractivity contribution >= 4 is 21.8 Å². The summed E-state index contributed by atoms with van der Waals surface area (Å²) in [6.45, 7) is 6.53. The molecule has 0 spiro atoms. The molecule has 3 aromatic heterocycles. The van der Waals surface area contributed by atoms with Gasteiger partial charge in [0.05, 0.1) is 5.69 Å². The second-order valence-corrected chi connectivity index (χ2v) is 11.5. The zero-order valence-electron chi connectivity index (χ0n) is 26.4. The molecule has 232 valence electrons. The van der Waals surface area contributed by atoms with Gasteiger partial charge in [0.15, 0.2) is 0 Å². The minimum absolute atomic E-state index is 0. The topological polar surface area (TPSA) is 44.9 Å². The molecular formula is C40H36N4OPt. The molecule has 3 heterocycles. The van der Waals surface area contributed by atoms with Gasteiger partial charge in [-0.2, -0.15) is 17.2 Å². The molecular weight excluding hydrogens is 748 g/mol. The molecule has 0 fully saturated rings. The summed E-state index contributed by atoms with van der Waals surface area (Å²) in [5, 5.41) is 7.44. The van der Waals surface area contributed by atoms with Gasteiger partial charge < -0.3 is 9.30 Å². The van der Waals surface area contributed by atoms with E-state index in [0.29, 0.717) is 11.5 Å². The Balaban J connectivity index is 0.00000372. The molecule has 0 N–H and O–H groups in total. The van der Waals surface area contributed by atoms with Crippen LogP contribution in [0.25, 0.3) is 44.4 Å². The van der Waals surface area contributed by atoms with Crippen LogP contribution in [0, 0.1) is 19.1 Å². The van der Waals surface area contributed by atoms with Gasteiger partial charge in [-0.1, -0.05) is 80.7 Å². The van der Waals surface area contributed by atoms with E-state index < -0.39 is 0 Å². The molecule has 0 atom stereocenters. The maximum Gasteiger partial charge on any atom is 2.00 e. The van der Waals surface area contributed by atoms with Crippen molar-refractivity contribution in [2.24, 2.45) is 0 Å². The number of ether oxygens (including phenoxy) is 1. The molecule has 46 heavy (non-hydrogen) atoms. The second-order valence-electron chi connectivity index (χ2n) is 11.5. The van der Waals surface area contributed by atoms with Crippen molar-refractivity contribution in [3.8, 4) is 34.1 Å². The molecule has 0 aliphatic heterocycles. The quantitative estimate of drug-likeness (QED) is 0.130. The number of fused-ring (bicyclic) bond motifs is 3. The van der Waals surface area contributed by atoms with Gasteiger partial charge in [0.1, 0.15) is 5.82 Å². The molecule has 7 rings (SSSR count).